The van der Waals surface area contributed by atoms with Crippen LogP contribution in [0.1, 0.15) is 41.0 Å². The van der Waals surface area contributed by atoms with E-state index in [1.165, 1.54) is 5.56 Å². The highest BCUT2D eigenvalue weighted by atomic mass is 32.3. The SMILES string of the molecule is Cc1cc(O[C@@H]2CCN([S+](C)(C)=O)C2)cc(C)c1-c1cccc(COc2ccc3c(c2)OCC3CC(=O)O)c1. The molecular weight excluding hydrogens is 514 g/mol. The summed E-state index contributed by atoms with van der Waals surface area (Å²) in [5.41, 5.74) is 6.54. The summed E-state index contributed by atoms with van der Waals surface area (Å²) in [5.74, 6) is 1.30. The molecule has 3 aromatic rings. The third kappa shape index (κ3) is 6.28. The summed E-state index contributed by atoms with van der Waals surface area (Å²) in [4.78, 5) is 11.1. The Balaban J connectivity index is 1.25. The first kappa shape index (κ1) is 27.2. The highest BCUT2D eigenvalue weighted by Gasteiger charge is 2.35. The van der Waals surface area contributed by atoms with Crippen molar-refractivity contribution in [2.45, 2.75) is 45.3 Å². The fourth-order valence-electron chi connectivity index (χ4n) is 5.54. The van der Waals surface area contributed by atoms with Crippen LogP contribution in [-0.4, -0.2) is 53.7 Å². The van der Waals surface area contributed by atoms with Gasteiger partial charge in [-0.2, -0.15) is 0 Å². The second-order valence-corrected chi connectivity index (χ2v) is 13.7. The zero-order chi connectivity index (χ0) is 27.7. The molecule has 1 fully saturated rings. The molecule has 8 heteroatoms. The predicted octanol–water partition coefficient (Wildman–Crippen LogP) is 5.63. The number of rotatable bonds is 9. The number of carboxylic acids is 1. The van der Waals surface area contributed by atoms with Crippen LogP contribution in [0.25, 0.3) is 11.1 Å². The van der Waals surface area contributed by atoms with Crippen molar-refractivity contribution in [1.29, 1.82) is 0 Å². The molecule has 1 saturated heterocycles. The van der Waals surface area contributed by atoms with Gasteiger partial charge in [0, 0.05) is 30.5 Å². The van der Waals surface area contributed by atoms with Crippen LogP contribution in [-0.2, 0) is 25.7 Å². The third-order valence-corrected chi connectivity index (χ3v) is 9.02. The van der Waals surface area contributed by atoms with Crippen LogP contribution in [0.5, 0.6) is 17.2 Å². The van der Waals surface area contributed by atoms with Crippen LogP contribution in [0.15, 0.2) is 54.6 Å². The summed E-state index contributed by atoms with van der Waals surface area (Å²) >= 11 is 0. The Hall–Kier alpha value is -3.36. The van der Waals surface area contributed by atoms with E-state index in [1.54, 1.807) is 12.5 Å². The zero-order valence-corrected chi connectivity index (χ0v) is 23.8. The maximum atomic E-state index is 12.4. The fraction of sp³-hybridized carbons (Fsp3) is 0.387. The Labute approximate surface area is 231 Å². The van der Waals surface area contributed by atoms with Gasteiger partial charge in [-0.25, -0.2) is 0 Å². The van der Waals surface area contributed by atoms with Gasteiger partial charge >= 0.3 is 5.97 Å². The molecule has 5 rings (SSSR count). The van der Waals surface area contributed by atoms with Crippen molar-refractivity contribution in [3.8, 4) is 28.4 Å². The number of hydrogen-bond acceptors (Lipinski definition) is 5. The minimum absolute atomic E-state index is 0.0449. The first-order valence-corrected chi connectivity index (χ1v) is 15.6. The number of fused-ring (bicyclic) bond motifs is 1. The van der Waals surface area contributed by atoms with Crippen molar-refractivity contribution in [2.24, 2.45) is 0 Å². The summed E-state index contributed by atoms with van der Waals surface area (Å²) in [5, 5.41) is 9.11. The lowest BCUT2D eigenvalue weighted by Gasteiger charge is -2.18. The van der Waals surface area contributed by atoms with E-state index in [-0.39, 0.29) is 18.4 Å². The zero-order valence-electron chi connectivity index (χ0n) is 22.9. The second kappa shape index (κ2) is 11.0. The molecule has 0 bridgehead atoms. The summed E-state index contributed by atoms with van der Waals surface area (Å²) in [7, 11) is -1.96. The van der Waals surface area contributed by atoms with Gasteiger partial charge in [0.25, 0.3) is 0 Å². The molecular formula is C31H36NO6S+. The molecule has 2 atom stereocenters. The lowest BCUT2D eigenvalue weighted by Crippen LogP contribution is -2.33. The number of aliphatic carboxylic acids is 1. The molecule has 0 aromatic heterocycles. The van der Waals surface area contributed by atoms with E-state index in [0.29, 0.717) is 31.3 Å². The molecule has 0 aliphatic carbocycles. The first-order valence-electron chi connectivity index (χ1n) is 13.2. The number of carbonyl (C=O) groups is 1. The Morgan fingerprint density at radius 2 is 1.85 bits per heavy atom. The number of aryl methyl sites for hydroxylation is 2. The highest BCUT2D eigenvalue weighted by Crippen LogP contribution is 2.38. The van der Waals surface area contributed by atoms with Crippen LogP contribution < -0.4 is 14.2 Å². The van der Waals surface area contributed by atoms with Gasteiger partial charge in [0.2, 0.25) is 0 Å². The molecule has 2 aliphatic rings. The Kier molecular flexibility index (Phi) is 7.69. The van der Waals surface area contributed by atoms with Crippen molar-refractivity contribution < 1.29 is 28.3 Å². The van der Waals surface area contributed by atoms with E-state index < -0.39 is 16.1 Å². The summed E-state index contributed by atoms with van der Waals surface area (Å²) in [6.45, 7) is 6.48. The Morgan fingerprint density at radius 1 is 1.08 bits per heavy atom. The van der Waals surface area contributed by atoms with Gasteiger partial charge in [0.05, 0.1) is 19.6 Å². The smallest absolute Gasteiger partial charge is 0.304 e. The number of hydrogen-bond donors (Lipinski definition) is 1. The van der Waals surface area contributed by atoms with Gasteiger partial charge in [-0.1, -0.05) is 28.5 Å². The van der Waals surface area contributed by atoms with Gasteiger partial charge < -0.3 is 19.3 Å². The summed E-state index contributed by atoms with van der Waals surface area (Å²) in [6.07, 6.45) is 4.56. The molecule has 2 aliphatic heterocycles. The fourth-order valence-corrected chi connectivity index (χ4v) is 6.61. The second-order valence-electron chi connectivity index (χ2n) is 10.8. The van der Waals surface area contributed by atoms with Gasteiger partial charge in [0.1, 0.15) is 42.5 Å². The molecule has 206 valence electrons. The number of ether oxygens (including phenoxy) is 3. The molecule has 7 nitrogen and oxygen atoms in total. The largest absolute Gasteiger partial charge is 0.492 e. The van der Waals surface area contributed by atoms with Crippen molar-refractivity contribution in [3.63, 3.8) is 0 Å². The van der Waals surface area contributed by atoms with E-state index >= 15 is 0 Å². The topological polar surface area (TPSA) is 85.3 Å². The van der Waals surface area contributed by atoms with E-state index in [4.69, 9.17) is 19.3 Å². The molecule has 0 spiro atoms. The predicted molar refractivity (Wildman–Crippen MR) is 153 cm³/mol. The van der Waals surface area contributed by atoms with Crippen molar-refractivity contribution in [2.75, 3.05) is 32.2 Å². The summed E-state index contributed by atoms with van der Waals surface area (Å²) < 4.78 is 32.5. The molecule has 2 heterocycles. The minimum atomic E-state index is -1.96. The molecule has 39 heavy (non-hydrogen) atoms. The lowest BCUT2D eigenvalue weighted by molar-refractivity contribution is -0.137. The molecule has 1 unspecified atom stereocenters. The monoisotopic (exact) mass is 550 g/mol. The molecule has 0 radical (unpaired) electrons. The van der Waals surface area contributed by atoms with Crippen molar-refractivity contribution in [1.82, 2.24) is 4.31 Å². The number of nitrogens with zero attached hydrogens (tertiary/aromatic N) is 1. The van der Waals surface area contributed by atoms with Crippen molar-refractivity contribution >= 4 is 16.1 Å². The molecule has 1 N–H and O–H groups in total. The van der Waals surface area contributed by atoms with E-state index in [0.717, 1.165) is 46.5 Å². The quantitative estimate of drug-likeness (QED) is 0.348. The van der Waals surface area contributed by atoms with E-state index in [1.807, 2.05) is 34.6 Å². The molecule has 0 saturated carbocycles. The van der Waals surface area contributed by atoms with Gasteiger partial charge in [-0.05, 0) is 65.9 Å². The van der Waals surface area contributed by atoms with Crippen LogP contribution in [0, 0.1) is 13.8 Å². The van der Waals surface area contributed by atoms with Crippen molar-refractivity contribution in [3.05, 3.63) is 76.9 Å². The van der Waals surface area contributed by atoms with Gasteiger partial charge in [-0.3, -0.25) is 4.79 Å². The average Bonchev–Trinajstić information content (AvgIpc) is 3.49. The van der Waals surface area contributed by atoms with Crippen LogP contribution in [0.2, 0.25) is 0 Å². The molecule has 3 aromatic carbocycles. The average molecular weight is 551 g/mol. The first-order chi connectivity index (χ1) is 18.6. The third-order valence-electron chi connectivity index (χ3n) is 7.45. The van der Waals surface area contributed by atoms with Crippen LogP contribution in [0.3, 0.4) is 0 Å². The summed E-state index contributed by atoms with van der Waals surface area (Å²) in [6, 6.07) is 18.2. The maximum absolute atomic E-state index is 12.4. The van der Waals surface area contributed by atoms with E-state index in [9.17, 15) is 9.00 Å². The maximum Gasteiger partial charge on any atom is 0.304 e. The Morgan fingerprint density at radius 3 is 2.54 bits per heavy atom. The van der Waals surface area contributed by atoms with Crippen LogP contribution >= 0.6 is 0 Å². The standard InChI is InChI=1S/C31H35NO6S/c1-20-12-27(38-26-10-11-32(17-26)39(3,4)35)13-21(2)31(20)23-7-5-6-22(14-23)18-36-25-8-9-28-24(15-30(33)34)19-37-29(28)16-25/h5-9,12-14,16,24,26H,10-11,15,17-19H2,1-4H3/p+1/t24?,26-/m1/s1. The van der Waals surface area contributed by atoms with Gasteiger partial charge in [0.15, 0.2) is 10.1 Å². The Bertz CT molecular complexity index is 1410. The number of benzene rings is 3. The van der Waals surface area contributed by atoms with E-state index in [2.05, 4.69) is 38.1 Å². The van der Waals surface area contributed by atoms with Crippen LogP contribution in [0.4, 0.5) is 0 Å². The minimum Gasteiger partial charge on any atom is -0.492 e. The number of carboxylic acid groups (broad SMARTS) is 1. The van der Waals surface area contributed by atoms with Gasteiger partial charge in [-0.15, -0.1) is 4.31 Å². The normalized spacial score (nSPS) is 19.0. The lowest BCUT2D eigenvalue weighted by atomic mass is 9.94. The molecule has 0 amide bonds. The highest BCUT2D eigenvalue weighted by molar-refractivity contribution is 7.99.